The van der Waals surface area contributed by atoms with Crippen LogP contribution in [0.25, 0.3) is 0 Å². The molecule has 0 aromatic rings. The van der Waals surface area contributed by atoms with Crippen LogP contribution in [0.1, 0.15) is 26.7 Å². The van der Waals surface area contributed by atoms with Crippen LogP contribution in [0.15, 0.2) is 11.4 Å². The summed E-state index contributed by atoms with van der Waals surface area (Å²) in [5.74, 6) is 0.500. The fraction of sp³-hybridized carbons (Fsp3) is 0.750. The third-order valence-electron chi connectivity index (χ3n) is 3.39. The van der Waals surface area contributed by atoms with E-state index in [0.717, 1.165) is 30.5 Å². The predicted molar refractivity (Wildman–Crippen MR) is 61.5 cm³/mol. The maximum absolute atomic E-state index is 11.1. The van der Waals surface area contributed by atoms with Gasteiger partial charge in [0.05, 0.1) is 25.0 Å². The molecule has 0 spiro atoms. The van der Waals surface area contributed by atoms with Crippen molar-refractivity contribution in [3.63, 3.8) is 0 Å². The molecule has 90 valence electrons. The van der Waals surface area contributed by atoms with Gasteiger partial charge in [0, 0.05) is 17.0 Å². The number of nitrogens with two attached hydrogens (primary N) is 1. The molecule has 1 aliphatic heterocycles. The Morgan fingerprint density at radius 3 is 2.81 bits per heavy atom. The quantitative estimate of drug-likeness (QED) is 0.680. The Hall–Kier alpha value is -1.03. The Morgan fingerprint density at radius 1 is 1.56 bits per heavy atom. The molecule has 4 heteroatoms. The van der Waals surface area contributed by atoms with Crippen LogP contribution in [0.4, 0.5) is 0 Å². The molecule has 0 amide bonds. The highest BCUT2D eigenvalue weighted by Crippen LogP contribution is 2.35. The molecule has 16 heavy (non-hydrogen) atoms. The van der Waals surface area contributed by atoms with Gasteiger partial charge < -0.3 is 20.6 Å². The number of ether oxygens (including phenoxy) is 1. The topological polar surface area (TPSA) is 64.3 Å². The fourth-order valence-corrected chi connectivity index (χ4v) is 1.96. The van der Waals surface area contributed by atoms with Gasteiger partial charge in [0.1, 0.15) is 6.29 Å². The second kappa shape index (κ2) is 4.09. The van der Waals surface area contributed by atoms with E-state index in [1.807, 2.05) is 13.8 Å². The van der Waals surface area contributed by atoms with Gasteiger partial charge in [-0.15, -0.1) is 0 Å². The first kappa shape index (κ1) is 11.5. The first-order valence-corrected chi connectivity index (χ1v) is 5.82. The van der Waals surface area contributed by atoms with Crippen LogP contribution >= 0.6 is 0 Å². The molecule has 1 unspecified atom stereocenters. The number of nitrogens with one attached hydrogen (secondary N) is 1. The van der Waals surface area contributed by atoms with Gasteiger partial charge in [-0.05, 0) is 12.8 Å². The van der Waals surface area contributed by atoms with E-state index in [-0.39, 0.29) is 11.5 Å². The SMILES string of the molecule is CC1(C)COC/C(=C(/N)C2CC2)NC1C=O. The molecule has 2 fully saturated rings. The lowest BCUT2D eigenvalue weighted by atomic mass is 9.86. The van der Waals surface area contributed by atoms with Gasteiger partial charge in [-0.1, -0.05) is 13.8 Å². The molecule has 1 saturated carbocycles. The molecule has 0 aromatic carbocycles. The van der Waals surface area contributed by atoms with E-state index >= 15 is 0 Å². The lowest BCUT2D eigenvalue weighted by molar-refractivity contribution is -0.112. The van der Waals surface area contributed by atoms with E-state index in [1.54, 1.807) is 0 Å². The van der Waals surface area contributed by atoms with Gasteiger partial charge in [-0.25, -0.2) is 0 Å². The maximum Gasteiger partial charge on any atom is 0.142 e. The molecule has 2 aliphatic rings. The number of rotatable bonds is 2. The number of hydrogen-bond donors (Lipinski definition) is 2. The highest BCUT2D eigenvalue weighted by Gasteiger charge is 2.35. The summed E-state index contributed by atoms with van der Waals surface area (Å²) in [6, 6.07) is -0.220. The van der Waals surface area contributed by atoms with Crippen molar-refractivity contribution in [1.29, 1.82) is 0 Å². The second-order valence-electron chi connectivity index (χ2n) is 5.45. The highest BCUT2D eigenvalue weighted by molar-refractivity contribution is 5.60. The van der Waals surface area contributed by atoms with Gasteiger partial charge in [0.25, 0.3) is 0 Å². The Balaban J connectivity index is 2.18. The predicted octanol–water partition coefficient (Wildman–Crippen LogP) is 0.780. The van der Waals surface area contributed by atoms with Crippen molar-refractivity contribution >= 4 is 6.29 Å². The smallest absolute Gasteiger partial charge is 0.142 e. The van der Waals surface area contributed by atoms with E-state index < -0.39 is 0 Å². The maximum atomic E-state index is 11.1. The summed E-state index contributed by atoms with van der Waals surface area (Å²) < 4.78 is 5.59. The number of carbonyl (C=O) groups excluding carboxylic acids is 1. The van der Waals surface area contributed by atoms with E-state index in [9.17, 15) is 4.79 Å². The summed E-state index contributed by atoms with van der Waals surface area (Å²) in [5, 5.41) is 3.24. The zero-order valence-electron chi connectivity index (χ0n) is 9.95. The summed E-state index contributed by atoms with van der Waals surface area (Å²) in [4.78, 5) is 11.1. The van der Waals surface area contributed by atoms with Crippen molar-refractivity contribution in [2.75, 3.05) is 13.2 Å². The molecule has 0 radical (unpaired) electrons. The third kappa shape index (κ3) is 2.21. The van der Waals surface area contributed by atoms with Crippen LogP contribution in [0.5, 0.6) is 0 Å². The largest absolute Gasteiger partial charge is 0.400 e. The molecule has 2 rings (SSSR count). The molecule has 4 nitrogen and oxygen atoms in total. The van der Waals surface area contributed by atoms with Crippen molar-refractivity contribution in [3.05, 3.63) is 11.4 Å². The van der Waals surface area contributed by atoms with Gasteiger partial charge >= 0.3 is 0 Å². The van der Waals surface area contributed by atoms with E-state index in [0.29, 0.717) is 19.1 Å². The Morgan fingerprint density at radius 2 is 2.25 bits per heavy atom. The molecule has 0 aromatic heterocycles. The monoisotopic (exact) mass is 224 g/mol. The minimum atomic E-state index is -0.220. The molecular weight excluding hydrogens is 204 g/mol. The van der Waals surface area contributed by atoms with Crippen molar-refractivity contribution < 1.29 is 9.53 Å². The minimum absolute atomic E-state index is 0.187. The lowest BCUT2D eigenvalue weighted by Crippen LogP contribution is -2.43. The lowest BCUT2D eigenvalue weighted by Gasteiger charge is -2.28. The highest BCUT2D eigenvalue weighted by atomic mass is 16.5. The molecule has 1 atom stereocenters. The fourth-order valence-electron chi connectivity index (χ4n) is 1.96. The first-order chi connectivity index (χ1) is 7.54. The van der Waals surface area contributed by atoms with Crippen LogP contribution < -0.4 is 11.1 Å². The van der Waals surface area contributed by atoms with Gasteiger partial charge in [-0.3, -0.25) is 0 Å². The summed E-state index contributed by atoms with van der Waals surface area (Å²) in [6.07, 6.45) is 3.27. The summed E-state index contributed by atoms with van der Waals surface area (Å²) in [6.45, 7) is 5.12. The van der Waals surface area contributed by atoms with E-state index in [1.165, 1.54) is 0 Å². The minimum Gasteiger partial charge on any atom is -0.400 e. The number of hydrogen-bond acceptors (Lipinski definition) is 4. The molecule has 0 bridgehead atoms. The summed E-state index contributed by atoms with van der Waals surface area (Å²) in [5.41, 5.74) is 7.65. The van der Waals surface area contributed by atoms with E-state index in [2.05, 4.69) is 5.32 Å². The number of allylic oxidation sites excluding steroid dienone is 1. The molecule has 1 heterocycles. The molecule has 1 aliphatic carbocycles. The Bertz CT molecular complexity index is 319. The Labute approximate surface area is 96.2 Å². The molecule has 3 N–H and O–H groups in total. The van der Waals surface area contributed by atoms with Gasteiger partial charge in [-0.2, -0.15) is 0 Å². The number of carbonyl (C=O) groups is 1. The second-order valence-corrected chi connectivity index (χ2v) is 5.45. The van der Waals surface area contributed by atoms with Crippen LogP contribution in [0.2, 0.25) is 0 Å². The summed E-state index contributed by atoms with van der Waals surface area (Å²) in [7, 11) is 0. The zero-order valence-corrected chi connectivity index (χ0v) is 9.95. The van der Waals surface area contributed by atoms with Gasteiger partial charge in [0.2, 0.25) is 0 Å². The standard InChI is InChI=1S/C12H20N2O2/c1-12(2)7-16-6-9(14-10(12)5-15)11(13)8-3-4-8/h5,8,10,14H,3-4,6-7,13H2,1-2H3/b11-9-. The van der Waals surface area contributed by atoms with Crippen LogP contribution in [-0.4, -0.2) is 25.5 Å². The zero-order chi connectivity index (χ0) is 11.8. The molecule has 1 saturated heterocycles. The van der Waals surface area contributed by atoms with Gasteiger partial charge in [0.15, 0.2) is 0 Å². The van der Waals surface area contributed by atoms with Crippen LogP contribution in [0, 0.1) is 11.3 Å². The normalized spacial score (nSPS) is 32.5. The number of aldehydes is 1. The van der Waals surface area contributed by atoms with Crippen molar-refractivity contribution in [2.45, 2.75) is 32.7 Å². The van der Waals surface area contributed by atoms with E-state index in [4.69, 9.17) is 10.5 Å². The van der Waals surface area contributed by atoms with Crippen LogP contribution in [0.3, 0.4) is 0 Å². The third-order valence-corrected chi connectivity index (χ3v) is 3.39. The van der Waals surface area contributed by atoms with Crippen molar-refractivity contribution in [2.24, 2.45) is 17.1 Å². The van der Waals surface area contributed by atoms with Crippen molar-refractivity contribution in [1.82, 2.24) is 5.32 Å². The average molecular weight is 224 g/mol. The molecular formula is C12H20N2O2. The summed E-state index contributed by atoms with van der Waals surface area (Å²) >= 11 is 0. The van der Waals surface area contributed by atoms with Crippen LogP contribution in [-0.2, 0) is 9.53 Å². The average Bonchev–Trinajstić information content (AvgIpc) is 3.03. The van der Waals surface area contributed by atoms with Crippen molar-refractivity contribution in [3.8, 4) is 0 Å². The Kier molecular flexibility index (Phi) is 2.93. The first-order valence-electron chi connectivity index (χ1n) is 5.82.